The molecule has 1 aliphatic rings. The maximum Gasteiger partial charge on any atom is 0.355 e. The van der Waals surface area contributed by atoms with E-state index in [2.05, 4.69) is 29.5 Å². The highest BCUT2D eigenvalue weighted by Crippen LogP contribution is 2.44. The Labute approximate surface area is 115 Å². The first-order chi connectivity index (χ1) is 8.79. The molecule has 1 aromatic heterocycles. The van der Waals surface area contributed by atoms with Gasteiger partial charge < -0.3 is 15.7 Å². The van der Waals surface area contributed by atoms with Crippen molar-refractivity contribution in [3.05, 3.63) is 16.1 Å². The summed E-state index contributed by atoms with van der Waals surface area (Å²) in [5.41, 5.74) is 0.190. The number of carboxylic acids is 1. The molecule has 2 atom stereocenters. The fourth-order valence-electron chi connectivity index (χ4n) is 1.76. The van der Waals surface area contributed by atoms with Crippen molar-refractivity contribution in [2.45, 2.75) is 39.3 Å². The van der Waals surface area contributed by atoms with E-state index in [4.69, 9.17) is 5.11 Å². The van der Waals surface area contributed by atoms with Crippen molar-refractivity contribution in [1.82, 2.24) is 15.6 Å². The van der Waals surface area contributed by atoms with Crippen LogP contribution in [0.2, 0.25) is 0 Å². The van der Waals surface area contributed by atoms with Crippen LogP contribution in [-0.4, -0.2) is 28.1 Å². The van der Waals surface area contributed by atoms with E-state index >= 15 is 0 Å². The predicted molar refractivity (Wildman–Crippen MR) is 71.3 cm³/mol. The van der Waals surface area contributed by atoms with Crippen molar-refractivity contribution in [3.8, 4) is 0 Å². The Morgan fingerprint density at radius 1 is 1.58 bits per heavy atom. The summed E-state index contributed by atoms with van der Waals surface area (Å²) in [5.74, 6) is -1.06. The van der Waals surface area contributed by atoms with E-state index in [1.807, 2.05) is 0 Å². The van der Waals surface area contributed by atoms with Crippen molar-refractivity contribution in [2.75, 3.05) is 0 Å². The minimum absolute atomic E-state index is 0.0115. The average Bonchev–Trinajstić information content (AvgIpc) is 2.77. The van der Waals surface area contributed by atoms with E-state index in [9.17, 15) is 9.59 Å². The minimum atomic E-state index is -1.06. The molecule has 1 fully saturated rings. The molecule has 0 bridgehead atoms. The summed E-state index contributed by atoms with van der Waals surface area (Å²) >= 11 is 1.23. The van der Waals surface area contributed by atoms with E-state index < -0.39 is 5.97 Å². The van der Waals surface area contributed by atoms with E-state index in [1.54, 1.807) is 6.92 Å². The highest BCUT2D eigenvalue weighted by molar-refractivity contribution is 7.09. The first-order valence-electron chi connectivity index (χ1n) is 6.05. The molecule has 0 aromatic carbocycles. The Bertz CT molecular complexity index is 512. The molecule has 0 spiro atoms. The summed E-state index contributed by atoms with van der Waals surface area (Å²) in [6, 6.07) is -0.333. The number of rotatable bonds is 4. The van der Waals surface area contributed by atoms with Crippen molar-refractivity contribution in [1.29, 1.82) is 0 Å². The van der Waals surface area contributed by atoms with Gasteiger partial charge in [-0.05, 0) is 18.8 Å². The van der Waals surface area contributed by atoms with Gasteiger partial charge in [-0.25, -0.2) is 14.6 Å². The highest BCUT2D eigenvalue weighted by Gasteiger charge is 2.46. The van der Waals surface area contributed by atoms with Crippen LogP contribution in [0.15, 0.2) is 5.38 Å². The fourth-order valence-corrected chi connectivity index (χ4v) is 2.56. The zero-order valence-electron chi connectivity index (χ0n) is 11.1. The molecule has 0 radical (unpaired) electrons. The quantitative estimate of drug-likeness (QED) is 0.788. The van der Waals surface area contributed by atoms with Gasteiger partial charge in [0.15, 0.2) is 5.69 Å². The number of carbonyl (C=O) groups is 2. The van der Waals surface area contributed by atoms with Crippen LogP contribution in [0, 0.1) is 5.41 Å². The van der Waals surface area contributed by atoms with Gasteiger partial charge in [0.1, 0.15) is 5.01 Å². The predicted octanol–water partition coefficient (Wildman–Crippen LogP) is 2.00. The zero-order chi connectivity index (χ0) is 14.2. The van der Waals surface area contributed by atoms with Gasteiger partial charge >= 0.3 is 12.0 Å². The first kappa shape index (κ1) is 13.8. The number of urea groups is 1. The van der Waals surface area contributed by atoms with Gasteiger partial charge in [-0.3, -0.25) is 0 Å². The van der Waals surface area contributed by atoms with Crippen LogP contribution in [0.5, 0.6) is 0 Å². The van der Waals surface area contributed by atoms with Crippen molar-refractivity contribution in [2.24, 2.45) is 5.41 Å². The molecular weight excluding hydrogens is 266 g/mol. The smallest absolute Gasteiger partial charge is 0.355 e. The van der Waals surface area contributed by atoms with Crippen molar-refractivity contribution in [3.63, 3.8) is 0 Å². The zero-order valence-corrected chi connectivity index (χ0v) is 11.9. The monoisotopic (exact) mass is 283 g/mol. The summed E-state index contributed by atoms with van der Waals surface area (Å²) in [6.45, 7) is 5.98. The standard InChI is InChI=1S/C12H17N3O3S/c1-6(9-14-7(5-19-9)10(16)17)13-11(18)15-8-4-12(8,2)3/h5-6,8H,4H2,1-3H3,(H,16,17)(H2,13,15,18). The van der Waals surface area contributed by atoms with Crippen LogP contribution in [-0.2, 0) is 0 Å². The molecule has 7 heteroatoms. The number of nitrogens with one attached hydrogen (secondary N) is 2. The number of thiazole rings is 1. The van der Waals surface area contributed by atoms with E-state index in [0.29, 0.717) is 5.01 Å². The Kier molecular flexibility index (Phi) is 3.49. The number of nitrogens with zero attached hydrogens (tertiary/aromatic N) is 1. The molecule has 6 nitrogen and oxygen atoms in total. The third-order valence-electron chi connectivity index (χ3n) is 3.28. The second-order valence-electron chi connectivity index (χ2n) is 5.46. The van der Waals surface area contributed by atoms with Gasteiger partial charge in [0, 0.05) is 11.4 Å². The molecule has 2 unspecified atom stereocenters. The summed E-state index contributed by atoms with van der Waals surface area (Å²) in [5, 5.41) is 16.5. The number of hydrogen-bond acceptors (Lipinski definition) is 4. The van der Waals surface area contributed by atoms with Crippen LogP contribution in [0.25, 0.3) is 0 Å². The Morgan fingerprint density at radius 3 is 2.68 bits per heavy atom. The second-order valence-corrected chi connectivity index (χ2v) is 6.35. The lowest BCUT2D eigenvalue weighted by Gasteiger charge is -2.13. The normalized spacial score (nSPS) is 21.5. The molecule has 2 amide bonds. The van der Waals surface area contributed by atoms with Gasteiger partial charge in [0.2, 0.25) is 0 Å². The fraction of sp³-hybridized carbons (Fsp3) is 0.583. The third-order valence-corrected chi connectivity index (χ3v) is 4.31. The Balaban J connectivity index is 1.87. The average molecular weight is 283 g/mol. The molecule has 1 heterocycles. The molecule has 104 valence electrons. The number of hydrogen-bond donors (Lipinski definition) is 3. The molecule has 1 aromatic rings. The van der Waals surface area contributed by atoms with Gasteiger partial charge in [0.05, 0.1) is 6.04 Å². The number of carbonyl (C=O) groups excluding carboxylic acids is 1. The van der Waals surface area contributed by atoms with Crippen LogP contribution in [0.4, 0.5) is 4.79 Å². The largest absolute Gasteiger partial charge is 0.476 e. The van der Waals surface area contributed by atoms with Crippen LogP contribution in [0.3, 0.4) is 0 Å². The topological polar surface area (TPSA) is 91.3 Å². The van der Waals surface area contributed by atoms with Gasteiger partial charge in [-0.15, -0.1) is 11.3 Å². The molecule has 19 heavy (non-hydrogen) atoms. The molecule has 1 aliphatic carbocycles. The molecule has 0 aliphatic heterocycles. The summed E-state index contributed by atoms with van der Waals surface area (Å²) in [6.07, 6.45) is 0.981. The van der Waals surface area contributed by atoms with E-state index in [-0.39, 0.29) is 29.2 Å². The van der Waals surface area contributed by atoms with Crippen molar-refractivity contribution >= 4 is 23.3 Å². The summed E-state index contributed by atoms with van der Waals surface area (Å²) < 4.78 is 0. The van der Waals surface area contributed by atoms with Gasteiger partial charge in [-0.2, -0.15) is 0 Å². The highest BCUT2D eigenvalue weighted by atomic mass is 32.1. The van der Waals surface area contributed by atoms with Gasteiger partial charge in [-0.1, -0.05) is 13.8 Å². The minimum Gasteiger partial charge on any atom is -0.476 e. The molecule has 0 saturated heterocycles. The molecular formula is C12H17N3O3S. The molecule has 2 rings (SSSR count). The maximum absolute atomic E-state index is 11.7. The lowest BCUT2D eigenvalue weighted by Crippen LogP contribution is -2.39. The van der Waals surface area contributed by atoms with Crippen LogP contribution in [0.1, 0.15) is 48.7 Å². The molecule has 3 N–H and O–H groups in total. The number of aromatic nitrogens is 1. The van der Waals surface area contributed by atoms with Crippen molar-refractivity contribution < 1.29 is 14.7 Å². The Morgan fingerprint density at radius 2 is 2.21 bits per heavy atom. The van der Waals surface area contributed by atoms with Gasteiger partial charge in [0.25, 0.3) is 0 Å². The maximum atomic E-state index is 11.7. The number of carboxylic acid groups (broad SMARTS) is 1. The SMILES string of the molecule is CC(NC(=O)NC1CC1(C)C)c1nc(C(=O)O)cs1. The summed E-state index contributed by atoms with van der Waals surface area (Å²) in [4.78, 5) is 26.4. The number of aromatic carboxylic acids is 1. The second kappa shape index (κ2) is 4.80. The lowest BCUT2D eigenvalue weighted by atomic mass is 10.2. The third kappa shape index (κ3) is 3.23. The van der Waals surface area contributed by atoms with E-state index in [0.717, 1.165) is 6.42 Å². The first-order valence-corrected chi connectivity index (χ1v) is 6.93. The Hall–Kier alpha value is -1.63. The molecule has 1 saturated carbocycles. The number of amides is 2. The van der Waals surface area contributed by atoms with Crippen LogP contribution < -0.4 is 10.6 Å². The summed E-state index contributed by atoms with van der Waals surface area (Å²) in [7, 11) is 0. The van der Waals surface area contributed by atoms with E-state index in [1.165, 1.54) is 16.7 Å². The lowest BCUT2D eigenvalue weighted by molar-refractivity contribution is 0.0691. The van der Waals surface area contributed by atoms with Crippen LogP contribution >= 0.6 is 11.3 Å².